The van der Waals surface area contributed by atoms with Crippen LogP contribution >= 0.6 is 24.8 Å². The number of nitrogens with one attached hydrogen (secondary N) is 3. The van der Waals surface area contributed by atoms with Gasteiger partial charge in [0.2, 0.25) is 0 Å². The molecule has 6 nitrogen and oxygen atoms in total. The average Bonchev–Trinajstić information content (AvgIpc) is 3.25. The molecular weight excluding hydrogens is 481 g/mol. The zero-order valence-electron chi connectivity index (χ0n) is 20.1. The largest absolute Gasteiger partial charge is 0.497 e. The molecule has 8 heteroatoms. The van der Waals surface area contributed by atoms with Gasteiger partial charge in [0, 0.05) is 59.5 Å². The molecule has 0 fully saturated rings. The van der Waals surface area contributed by atoms with E-state index < -0.39 is 0 Å². The zero-order chi connectivity index (χ0) is 22.6. The Hall–Kier alpha value is -2.51. The number of anilines is 1. The predicted molar refractivity (Wildman–Crippen MR) is 151 cm³/mol. The highest BCUT2D eigenvalue weighted by molar-refractivity contribution is 5.94. The van der Waals surface area contributed by atoms with Crippen molar-refractivity contribution in [2.75, 3.05) is 32.1 Å². The van der Waals surface area contributed by atoms with Crippen molar-refractivity contribution in [3.05, 3.63) is 65.5 Å². The van der Waals surface area contributed by atoms with E-state index in [0.29, 0.717) is 0 Å². The Morgan fingerprint density at radius 1 is 1.06 bits per heavy atom. The molecule has 2 aromatic heterocycles. The van der Waals surface area contributed by atoms with E-state index >= 15 is 0 Å². The van der Waals surface area contributed by atoms with Crippen LogP contribution in [0.1, 0.15) is 29.7 Å². The van der Waals surface area contributed by atoms with Crippen LogP contribution in [0.5, 0.6) is 5.75 Å². The molecule has 0 amide bonds. The second kappa shape index (κ2) is 12.5. The number of hydrogen-bond acceptors (Lipinski definition) is 5. The second-order valence-electron chi connectivity index (χ2n) is 8.96. The SMILES string of the molecule is COc1ccc2nc3c(c(NCCNCC(N)Cc4c[nH]c5ccccc45)c2c1)CCCC3.Cl.Cl. The third kappa shape index (κ3) is 6.01. The fourth-order valence-electron chi connectivity index (χ4n) is 4.95. The quantitative estimate of drug-likeness (QED) is 0.235. The number of methoxy groups -OCH3 is 1. The van der Waals surface area contributed by atoms with Crippen LogP contribution in [0, 0.1) is 0 Å². The van der Waals surface area contributed by atoms with Crippen molar-refractivity contribution in [3.63, 3.8) is 0 Å². The molecule has 1 aliphatic carbocycles. The monoisotopic (exact) mass is 515 g/mol. The third-order valence-corrected chi connectivity index (χ3v) is 6.64. The maximum atomic E-state index is 6.43. The van der Waals surface area contributed by atoms with E-state index in [1.54, 1.807) is 7.11 Å². The smallest absolute Gasteiger partial charge is 0.119 e. The van der Waals surface area contributed by atoms with Gasteiger partial charge < -0.3 is 26.1 Å². The van der Waals surface area contributed by atoms with Gasteiger partial charge in [0.05, 0.1) is 12.6 Å². The van der Waals surface area contributed by atoms with Gasteiger partial charge >= 0.3 is 0 Å². The van der Waals surface area contributed by atoms with Crippen molar-refractivity contribution in [2.45, 2.75) is 38.1 Å². The number of hydrogen-bond donors (Lipinski definition) is 4. The van der Waals surface area contributed by atoms with E-state index in [4.69, 9.17) is 15.5 Å². The number of benzene rings is 2. The summed E-state index contributed by atoms with van der Waals surface area (Å²) in [6, 6.07) is 14.6. The van der Waals surface area contributed by atoms with Gasteiger partial charge in [-0.25, -0.2) is 0 Å². The summed E-state index contributed by atoms with van der Waals surface area (Å²) >= 11 is 0. The summed E-state index contributed by atoms with van der Waals surface area (Å²) < 4.78 is 5.48. The van der Waals surface area contributed by atoms with E-state index in [0.717, 1.165) is 55.5 Å². The summed E-state index contributed by atoms with van der Waals surface area (Å²) in [5.41, 5.74) is 13.7. The number of aromatic amines is 1. The van der Waals surface area contributed by atoms with Gasteiger partial charge in [-0.2, -0.15) is 0 Å². The highest BCUT2D eigenvalue weighted by atomic mass is 35.5. The minimum absolute atomic E-state index is 0. The van der Waals surface area contributed by atoms with Crippen LogP contribution in [0.4, 0.5) is 5.69 Å². The van der Waals surface area contributed by atoms with Gasteiger partial charge in [0.1, 0.15) is 5.75 Å². The maximum Gasteiger partial charge on any atom is 0.119 e. The zero-order valence-corrected chi connectivity index (χ0v) is 21.7. The van der Waals surface area contributed by atoms with Crippen molar-refractivity contribution >= 4 is 52.3 Å². The molecule has 1 unspecified atom stereocenters. The first-order chi connectivity index (χ1) is 16.2. The molecule has 1 atom stereocenters. The summed E-state index contributed by atoms with van der Waals surface area (Å²) in [5, 5.41) is 9.64. The molecule has 35 heavy (non-hydrogen) atoms. The normalized spacial score (nSPS) is 13.5. The first-order valence-corrected chi connectivity index (χ1v) is 12.0. The predicted octanol–water partition coefficient (Wildman–Crippen LogP) is 5.02. The fourth-order valence-corrected chi connectivity index (χ4v) is 4.95. The van der Waals surface area contributed by atoms with Gasteiger partial charge in [-0.1, -0.05) is 18.2 Å². The molecule has 2 aromatic carbocycles. The van der Waals surface area contributed by atoms with Crippen LogP contribution in [-0.4, -0.2) is 42.8 Å². The number of H-pyrrole nitrogens is 1. The molecule has 5 N–H and O–H groups in total. The van der Waals surface area contributed by atoms with Gasteiger partial charge in [-0.05, 0) is 67.5 Å². The van der Waals surface area contributed by atoms with E-state index in [1.807, 2.05) is 6.07 Å². The van der Waals surface area contributed by atoms with E-state index in [9.17, 15) is 0 Å². The molecule has 1 aliphatic rings. The van der Waals surface area contributed by atoms with Crippen molar-refractivity contribution < 1.29 is 4.74 Å². The molecular formula is C27H35Cl2N5O. The van der Waals surface area contributed by atoms with Crippen molar-refractivity contribution in [3.8, 4) is 5.75 Å². The lowest BCUT2D eigenvalue weighted by atomic mass is 9.92. The number of aryl methyl sites for hydroxylation is 1. The molecule has 0 saturated carbocycles. The lowest BCUT2D eigenvalue weighted by Gasteiger charge is -2.22. The fraction of sp³-hybridized carbons (Fsp3) is 0.370. The number of fused-ring (bicyclic) bond motifs is 3. The summed E-state index contributed by atoms with van der Waals surface area (Å²) in [4.78, 5) is 8.28. The number of nitrogens with zero attached hydrogens (tertiary/aromatic N) is 1. The molecule has 0 spiro atoms. The Morgan fingerprint density at radius 3 is 2.74 bits per heavy atom. The number of rotatable bonds is 9. The first kappa shape index (κ1) is 27.1. The summed E-state index contributed by atoms with van der Waals surface area (Å²) in [6.45, 7) is 2.47. The van der Waals surface area contributed by atoms with Crippen molar-refractivity contribution in [2.24, 2.45) is 5.73 Å². The summed E-state index contributed by atoms with van der Waals surface area (Å²) in [7, 11) is 1.71. The Morgan fingerprint density at radius 2 is 1.89 bits per heavy atom. The van der Waals surface area contributed by atoms with Crippen LogP contribution in [0.25, 0.3) is 21.8 Å². The van der Waals surface area contributed by atoms with Crippen LogP contribution in [0.2, 0.25) is 0 Å². The van der Waals surface area contributed by atoms with Gasteiger partial charge in [-0.15, -0.1) is 24.8 Å². The van der Waals surface area contributed by atoms with E-state index in [1.165, 1.54) is 46.3 Å². The Balaban J connectivity index is 0.00000171. The van der Waals surface area contributed by atoms with Crippen LogP contribution in [0.3, 0.4) is 0 Å². The highest BCUT2D eigenvalue weighted by Gasteiger charge is 2.18. The van der Waals surface area contributed by atoms with Crippen LogP contribution in [-0.2, 0) is 19.3 Å². The van der Waals surface area contributed by atoms with Gasteiger partial charge in [-0.3, -0.25) is 4.98 Å². The van der Waals surface area contributed by atoms with E-state index in [2.05, 4.69) is 58.2 Å². The molecule has 2 heterocycles. The number of ether oxygens (including phenoxy) is 1. The molecule has 0 bridgehead atoms. The molecule has 0 radical (unpaired) electrons. The molecule has 0 saturated heterocycles. The van der Waals surface area contributed by atoms with Crippen molar-refractivity contribution in [1.29, 1.82) is 0 Å². The van der Waals surface area contributed by atoms with Crippen molar-refractivity contribution in [1.82, 2.24) is 15.3 Å². The third-order valence-electron chi connectivity index (χ3n) is 6.64. The number of pyridine rings is 1. The molecule has 5 rings (SSSR count). The Labute approximate surface area is 219 Å². The second-order valence-corrected chi connectivity index (χ2v) is 8.96. The lowest BCUT2D eigenvalue weighted by Crippen LogP contribution is -2.37. The first-order valence-electron chi connectivity index (χ1n) is 12.0. The van der Waals surface area contributed by atoms with Crippen LogP contribution < -0.4 is 21.1 Å². The van der Waals surface area contributed by atoms with E-state index in [-0.39, 0.29) is 30.9 Å². The van der Waals surface area contributed by atoms with Crippen LogP contribution in [0.15, 0.2) is 48.7 Å². The molecule has 188 valence electrons. The molecule has 4 aromatic rings. The Kier molecular flexibility index (Phi) is 9.63. The Bertz CT molecular complexity index is 1260. The average molecular weight is 517 g/mol. The minimum atomic E-state index is 0. The highest BCUT2D eigenvalue weighted by Crippen LogP contribution is 2.34. The summed E-state index contributed by atoms with van der Waals surface area (Å²) in [5.74, 6) is 0.865. The maximum absolute atomic E-state index is 6.43. The van der Waals surface area contributed by atoms with Gasteiger partial charge in [0.25, 0.3) is 0 Å². The summed E-state index contributed by atoms with van der Waals surface area (Å²) in [6.07, 6.45) is 7.52. The standard InChI is InChI=1S/C27H33N5O.2ClH/c1-33-20-10-11-26-23(15-20)27(22-7-3-5-9-25(22)32-26)30-13-12-29-17-19(28)14-18-16-31-24-8-4-2-6-21(18)24;;/h2,4,6,8,10-11,15-16,19,29,31H,3,5,7,9,12-14,17,28H2,1H3,(H,30,32);2*1H. The topological polar surface area (TPSA) is 88.0 Å². The number of halogens is 2. The minimum Gasteiger partial charge on any atom is -0.497 e. The number of nitrogens with two attached hydrogens (primary N) is 1. The lowest BCUT2D eigenvalue weighted by molar-refractivity contribution is 0.415. The molecule has 0 aliphatic heterocycles. The van der Waals surface area contributed by atoms with Gasteiger partial charge in [0.15, 0.2) is 0 Å². The number of aromatic nitrogens is 2. The number of para-hydroxylation sites is 1.